The normalized spacial score (nSPS) is 12.8. The number of para-hydroxylation sites is 1. The smallest absolute Gasteiger partial charge is 0.264 e. The van der Waals surface area contributed by atoms with Gasteiger partial charge in [-0.15, -0.1) is 0 Å². The van der Waals surface area contributed by atoms with E-state index in [1.54, 1.807) is 51.5 Å². The van der Waals surface area contributed by atoms with Gasteiger partial charge in [-0.3, -0.25) is 14.4 Å². The molecule has 1 aliphatic heterocycles. The number of ether oxygens (including phenoxy) is 1. The van der Waals surface area contributed by atoms with Crippen LogP contribution in [0.2, 0.25) is 0 Å². The van der Waals surface area contributed by atoms with Gasteiger partial charge in [-0.05, 0) is 36.2 Å². The van der Waals surface area contributed by atoms with Gasteiger partial charge in [0, 0.05) is 33.1 Å². The van der Waals surface area contributed by atoms with E-state index in [4.69, 9.17) is 4.74 Å². The molecule has 1 aliphatic rings. The van der Waals surface area contributed by atoms with Crippen molar-refractivity contribution < 1.29 is 19.1 Å². The Morgan fingerprint density at radius 3 is 2.54 bits per heavy atom. The Morgan fingerprint density at radius 1 is 1.14 bits per heavy atom. The number of amides is 3. The number of anilines is 2. The average Bonchev–Trinajstić information content (AvgIpc) is 2.69. The minimum Gasteiger partial charge on any atom is -0.479 e. The van der Waals surface area contributed by atoms with Crippen molar-refractivity contribution >= 4 is 29.1 Å². The molecule has 0 saturated carbocycles. The van der Waals surface area contributed by atoms with Crippen LogP contribution in [0.15, 0.2) is 42.5 Å². The fraction of sp³-hybridized carbons (Fsp3) is 0.286. The van der Waals surface area contributed by atoms with E-state index >= 15 is 0 Å². The molecule has 7 heteroatoms. The molecule has 0 bridgehead atoms. The molecule has 0 atom stereocenters. The lowest BCUT2D eigenvalue weighted by molar-refractivity contribution is -0.121. The fourth-order valence-electron chi connectivity index (χ4n) is 2.95. The molecule has 3 amide bonds. The van der Waals surface area contributed by atoms with Gasteiger partial charge in [0.2, 0.25) is 5.91 Å². The number of rotatable bonds is 5. The third-order valence-corrected chi connectivity index (χ3v) is 4.59. The summed E-state index contributed by atoms with van der Waals surface area (Å²) in [5.41, 5.74) is 2.77. The van der Waals surface area contributed by atoms with Crippen molar-refractivity contribution in [3.05, 3.63) is 53.6 Å². The number of hydrogen-bond donors (Lipinski definition) is 1. The van der Waals surface area contributed by atoms with E-state index in [1.807, 2.05) is 12.1 Å². The molecular formula is C21H23N3O4. The molecule has 0 spiro atoms. The lowest BCUT2D eigenvalue weighted by Gasteiger charge is -2.27. The van der Waals surface area contributed by atoms with Crippen molar-refractivity contribution in [1.29, 1.82) is 0 Å². The van der Waals surface area contributed by atoms with Gasteiger partial charge in [-0.25, -0.2) is 0 Å². The molecule has 0 aromatic heterocycles. The lowest BCUT2D eigenvalue weighted by Crippen LogP contribution is -2.35. The van der Waals surface area contributed by atoms with Crippen molar-refractivity contribution in [1.82, 2.24) is 4.90 Å². The number of nitrogens with one attached hydrogen (secondary N) is 1. The first-order valence-electron chi connectivity index (χ1n) is 8.99. The Labute approximate surface area is 163 Å². The highest BCUT2D eigenvalue weighted by molar-refractivity contribution is 6.01. The SMILES string of the molecule is CN(C)C(=O)c1ccc(CCC(=O)Nc2cccc3c2OCC(=O)N3C)cc1. The number of likely N-dealkylation sites (N-methyl/N-ethyl adjacent to an activating group) is 1. The van der Waals surface area contributed by atoms with E-state index in [1.165, 1.54) is 9.80 Å². The number of nitrogens with zero attached hydrogens (tertiary/aromatic N) is 2. The first-order chi connectivity index (χ1) is 13.4. The molecule has 0 radical (unpaired) electrons. The Bertz CT molecular complexity index is 906. The average molecular weight is 381 g/mol. The Morgan fingerprint density at radius 2 is 1.86 bits per heavy atom. The van der Waals surface area contributed by atoms with Gasteiger partial charge in [0.1, 0.15) is 0 Å². The van der Waals surface area contributed by atoms with E-state index in [0.29, 0.717) is 35.5 Å². The first kappa shape index (κ1) is 19.4. The van der Waals surface area contributed by atoms with E-state index in [9.17, 15) is 14.4 Å². The van der Waals surface area contributed by atoms with Crippen LogP contribution in [0, 0.1) is 0 Å². The zero-order valence-electron chi connectivity index (χ0n) is 16.2. The molecule has 3 rings (SSSR count). The standard InChI is InChI=1S/C21H23N3O4/c1-23(2)21(27)15-10-7-14(8-11-15)9-12-18(25)22-16-5-4-6-17-20(16)28-13-19(26)24(17)3/h4-8,10-11H,9,12-13H2,1-3H3,(H,22,25). The van der Waals surface area contributed by atoms with Crippen LogP contribution in [-0.2, 0) is 16.0 Å². The van der Waals surface area contributed by atoms with Crippen LogP contribution in [0.25, 0.3) is 0 Å². The molecule has 2 aromatic rings. The molecule has 2 aromatic carbocycles. The van der Waals surface area contributed by atoms with E-state index in [-0.39, 0.29) is 24.3 Å². The molecule has 146 valence electrons. The third kappa shape index (κ3) is 4.14. The maximum absolute atomic E-state index is 12.4. The molecule has 28 heavy (non-hydrogen) atoms. The van der Waals surface area contributed by atoms with Crippen molar-refractivity contribution in [3.63, 3.8) is 0 Å². The van der Waals surface area contributed by atoms with Gasteiger partial charge in [0.25, 0.3) is 11.8 Å². The topological polar surface area (TPSA) is 79.0 Å². The first-order valence-corrected chi connectivity index (χ1v) is 8.99. The van der Waals surface area contributed by atoms with E-state index < -0.39 is 0 Å². The quantitative estimate of drug-likeness (QED) is 0.862. The van der Waals surface area contributed by atoms with E-state index in [2.05, 4.69) is 5.32 Å². The van der Waals surface area contributed by atoms with Crippen LogP contribution in [-0.4, -0.2) is 50.4 Å². The predicted octanol–water partition coefficient (Wildman–Crippen LogP) is 2.31. The maximum Gasteiger partial charge on any atom is 0.264 e. The summed E-state index contributed by atoms with van der Waals surface area (Å²) in [6.07, 6.45) is 0.843. The number of fused-ring (bicyclic) bond motifs is 1. The Balaban J connectivity index is 1.61. The number of hydrogen-bond acceptors (Lipinski definition) is 4. The van der Waals surface area contributed by atoms with Crippen LogP contribution in [0.1, 0.15) is 22.3 Å². The largest absolute Gasteiger partial charge is 0.479 e. The molecule has 0 unspecified atom stereocenters. The van der Waals surface area contributed by atoms with Crippen LogP contribution >= 0.6 is 0 Å². The van der Waals surface area contributed by atoms with Crippen molar-refractivity contribution in [2.75, 3.05) is 38.0 Å². The molecule has 1 heterocycles. The van der Waals surface area contributed by atoms with Crippen LogP contribution in [0.3, 0.4) is 0 Å². The van der Waals surface area contributed by atoms with E-state index in [0.717, 1.165) is 5.56 Å². The summed E-state index contributed by atoms with van der Waals surface area (Å²) < 4.78 is 5.51. The summed E-state index contributed by atoms with van der Waals surface area (Å²) in [4.78, 5) is 39.1. The molecule has 7 nitrogen and oxygen atoms in total. The zero-order valence-corrected chi connectivity index (χ0v) is 16.2. The van der Waals surface area contributed by atoms with Crippen molar-refractivity contribution in [3.8, 4) is 5.75 Å². The molecular weight excluding hydrogens is 358 g/mol. The Hall–Kier alpha value is -3.35. The van der Waals surface area contributed by atoms with Gasteiger partial charge < -0.3 is 19.9 Å². The summed E-state index contributed by atoms with van der Waals surface area (Å²) in [5, 5.41) is 2.86. The maximum atomic E-state index is 12.4. The van der Waals surface area contributed by atoms with Gasteiger partial charge in [-0.1, -0.05) is 18.2 Å². The number of carbonyl (C=O) groups is 3. The summed E-state index contributed by atoms with van der Waals surface area (Å²) in [5.74, 6) is 0.170. The lowest BCUT2D eigenvalue weighted by atomic mass is 10.1. The number of aryl methyl sites for hydroxylation is 1. The molecule has 0 saturated heterocycles. The highest BCUT2D eigenvalue weighted by atomic mass is 16.5. The van der Waals surface area contributed by atoms with Gasteiger partial charge in [0.05, 0.1) is 11.4 Å². The van der Waals surface area contributed by atoms with Gasteiger partial charge in [0.15, 0.2) is 12.4 Å². The number of benzene rings is 2. The summed E-state index contributed by atoms with van der Waals surface area (Å²) in [6.45, 7) is -0.0472. The highest BCUT2D eigenvalue weighted by Crippen LogP contribution is 2.38. The predicted molar refractivity (Wildman–Crippen MR) is 107 cm³/mol. The van der Waals surface area contributed by atoms with Crippen molar-refractivity contribution in [2.24, 2.45) is 0 Å². The van der Waals surface area contributed by atoms with Crippen LogP contribution in [0.4, 0.5) is 11.4 Å². The van der Waals surface area contributed by atoms with Crippen LogP contribution < -0.4 is 15.0 Å². The third-order valence-electron chi connectivity index (χ3n) is 4.59. The van der Waals surface area contributed by atoms with Crippen molar-refractivity contribution in [2.45, 2.75) is 12.8 Å². The molecule has 0 fully saturated rings. The molecule has 1 N–H and O–H groups in total. The summed E-state index contributed by atoms with van der Waals surface area (Å²) >= 11 is 0. The zero-order chi connectivity index (χ0) is 20.3. The second-order valence-corrected chi connectivity index (χ2v) is 6.84. The fourth-order valence-corrected chi connectivity index (χ4v) is 2.95. The molecule has 0 aliphatic carbocycles. The Kier molecular flexibility index (Phi) is 5.63. The van der Waals surface area contributed by atoms with Crippen LogP contribution in [0.5, 0.6) is 5.75 Å². The summed E-state index contributed by atoms with van der Waals surface area (Å²) in [6, 6.07) is 12.6. The monoisotopic (exact) mass is 381 g/mol. The minimum atomic E-state index is -0.148. The highest BCUT2D eigenvalue weighted by Gasteiger charge is 2.24. The number of carbonyl (C=O) groups excluding carboxylic acids is 3. The van der Waals surface area contributed by atoms with Gasteiger partial charge >= 0.3 is 0 Å². The van der Waals surface area contributed by atoms with Gasteiger partial charge in [-0.2, -0.15) is 0 Å². The minimum absolute atomic E-state index is 0.0472. The second kappa shape index (κ2) is 8.12. The second-order valence-electron chi connectivity index (χ2n) is 6.84. The summed E-state index contributed by atoms with van der Waals surface area (Å²) in [7, 11) is 5.10.